The third kappa shape index (κ3) is 3.22. The molecule has 1 aliphatic rings. The smallest absolute Gasteiger partial charge is 0.125 e. The van der Waals surface area contributed by atoms with E-state index >= 15 is 0 Å². The van der Waals surface area contributed by atoms with Gasteiger partial charge in [-0.3, -0.25) is 26.5 Å². The van der Waals surface area contributed by atoms with Gasteiger partial charge < -0.3 is 28.3 Å². The molecule has 0 aromatic heterocycles. The van der Waals surface area contributed by atoms with E-state index in [9.17, 15) is 0 Å². The van der Waals surface area contributed by atoms with E-state index < -0.39 is 18.0 Å². The van der Waals surface area contributed by atoms with Crippen molar-refractivity contribution in [1.29, 1.82) is 21.6 Å². The van der Waals surface area contributed by atoms with Gasteiger partial charge in [0.05, 0.1) is 5.92 Å². The van der Waals surface area contributed by atoms with Crippen molar-refractivity contribution in [1.82, 2.24) is 10.2 Å². The van der Waals surface area contributed by atoms with Gasteiger partial charge in [0.2, 0.25) is 0 Å². The molecule has 1 unspecified atom stereocenters. The number of piperazine rings is 1. The van der Waals surface area contributed by atoms with Gasteiger partial charge in [0.1, 0.15) is 29.4 Å². The number of nitrogens with two attached hydrogens (primary N) is 4. The fraction of sp³-hybridized carbons (Fsp3) is 0.600. The molecule has 10 heteroatoms. The second-order valence-electron chi connectivity index (χ2n) is 4.71. The lowest BCUT2D eigenvalue weighted by atomic mass is 9.92. The monoisotopic (exact) mass is 282 g/mol. The Hall–Kier alpha value is -2.20. The van der Waals surface area contributed by atoms with Gasteiger partial charge in [0.25, 0.3) is 0 Å². The van der Waals surface area contributed by atoms with Gasteiger partial charge in [0, 0.05) is 25.7 Å². The molecule has 1 saturated heterocycles. The molecule has 10 nitrogen and oxygen atoms in total. The van der Waals surface area contributed by atoms with Crippen molar-refractivity contribution in [2.24, 2.45) is 28.9 Å². The average molecular weight is 282 g/mol. The number of amidine groups is 4. The summed E-state index contributed by atoms with van der Waals surface area (Å²) in [6, 6.07) is -1.32. The summed E-state index contributed by atoms with van der Waals surface area (Å²) in [6.07, 6.45) is 0. The SMILES string of the molecule is N=C(N)C(C(=N)N)C1CNCCN1C(C(=N)N)C(=N)N. The summed E-state index contributed by atoms with van der Waals surface area (Å²) in [5, 5.41) is 33.5. The van der Waals surface area contributed by atoms with Crippen LogP contribution in [0.2, 0.25) is 0 Å². The summed E-state index contributed by atoms with van der Waals surface area (Å²) in [5.41, 5.74) is 22.1. The number of hydrogen-bond acceptors (Lipinski definition) is 6. The number of hydrogen-bond donors (Lipinski definition) is 9. The molecule has 0 saturated carbocycles. The Balaban J connectivity index is 3.13. The van der Waals surface area contributed by atoms with Gasteiger partial charge >= 0.3 is 0 Å². The first kappa shape index (κ1) is 15.9. The number of rotatable bonds is 6. The van der Waals surface area contributed by atoms with Gasteiger partial charge in [-0.05, 0) is 0 Å². The van der Waals surface area contributed by atoms with Crippen molar-refractivity contribution in [3.8, 4) is 0 Å². The minimum absolute atomic E-state index is 0.234. The van der Waals surface area contributed by atoms with Gasteiger partial charge in [-0.1, -0.05) is 0 Å². The second kappa shape index (κ2) is 6.30. The largest absolute Gasteiger partial charge is 0.387 e. The van der Waals surface area contributed by atoms with Crippen molar-refractivity contribution in [3.05, 3.63) is 0 Å². The van der Waals surface area contributed by atoms with Gasteiger partial charge in [-0.15, -0.1) is 0 Å². The molecule has 0 aromatic rings. The first-order valence-corrected chi connectivity index (χ1v) is 6.09. The summed E-state index contributed by atoms with van der Waals surface area (Å²) in [4.78, 5) is 1.70. The fourth-order valence-electron chi connectivity index (χ4n) is 2.48. The first-order chi connectivity index (χ1) is 9.27. The Morgan fingerprint density at radius 2 is 1.45 bits per heavy atom. The molecule has 0 aliphatic carbocycles. The van der Waals surface area contributed by atoms with Crippen molar-refractivity contribution in [3.63, 3.8) is 0 Å². The van der Waals surface area contributed by atoms with E-state index in [1.807, 2.05) is 0 Å². The zero-order chi connectivity index (χ0) is 15.4. The van der Waals surface area contributed by atoms with E-state index in [4.69, 9.17) is 44.6 Å². The summed E-state index contributed by atoms with van der Waals surface area (Å²) in [7, 11) is 0. The molecule has 0 bridgehead atoms. The molecular formula is C10H22N10. The Labute approximate surface area is 116 Å². The minimum Gasteiger partial charge on any atom is -0.387 e. The van der Waals surface area contributed by atoms with Crippen molar-refractivity contribution in [2.75, 3.05) is 19.6 Å². The maximum absolute atomic E-state index is 7.60. The van der Waals surface area contributed by atoms with Crippen LogP contribution in [0, 0.1) is 27.6 Å². The van der Waals surface area contributed by atoms with Crippen molar-refractivity contribution >= 4 is 23.3 Å². The van der Waals surface area contributed by atoms with Crippen LogP contribution in [0.15, 0.2) is 0 Å². The van der Waals surface area contributed by atoms with Crippen LogP contribution in [0.5, 0.6) is 0 Å². The van der Waals surface area contributed by atoms with Gasteiger partial charge in [0.15, 0.2) is 0 Å². The lowest BCUT2D eigenvalue weighted by Crippen LogP contribution is -2.66. The molecule has 0 spiro atoms. The van der Waals surface area contributed by atoms with Crippen LogP contribution in [-0.4, -0.2) is 60.0 Å². The highest BCUT2D eigenvalue weighted by atomic mass is 15.3. The van der Waals surface area contributed by atoms with E-state index in [2.05, 4.69) is 5.32 Å². The van der Waals surface area contributed by atoms with Crippen LogP contribution in [0.4, 0.5) is 0 Å². The van der Waals surface area contributed by atoms with E-state index in [0.717, 1.165) is 0 Å². The Morgan fingerprint density at radius 3 is 1.85 bits per heavy atom. The highest BCUT2D eigenvalue weighted by molar-refractivity contribution is 6.06. The van der Waals surface area contributed by atoms with E-state index in [1.165, 1.54) is 0 Å². The van der Waals surface area contributed by atoms with Crippen LogP contribution >= 0.6 is 0 Å². The Morgan fingerprint density at radius 1 is 0.950 bits per heavy atom. The molecule has 1 heterocycles. The van der Waals surface area contributed by atoms with Crippen LogP contribution in [-0.2, 0) is 0 Å². The third-order valence-electron chi connectivity index (χ3n) is 3.30. The Bertz CT molecular complexity index is 362. The minimum atomic E-state index is -0.872. The first-order valence-electron chi connectivity index (χ1n) is 6.09. The fourth-order valence-corrected chi connectivity index (χ4v) is 2.48. The van der Waals surface area contributed by atoms with E-state index in [0.29, 0.717) is 19.6 Å². The van der Waals surface area contributed by atoms with Gasteiger partial charge in [-0.2, -0.15) is 0 Å². The normalized spacial score (nSPS) is 22.7. The molecule has 112 valence electrons. The van der Waals surface area contributed by atoms with Crippen LogP contribution < -0.4 is 28.3 Å². The molecule has 1 aliphatic heterocycles. The van der Waals surface area contributed by atoms with Crippen molar-refractivity contribution in [2.45, 2.75) is 12.1 Å². The Kier molecular flexibility index (Phi) is 5.00. The van der Waals surface area contributed by atoms with Crippen LogP contribution in [0.3, 0.4) is 0 Å². The molecule has 1 atom stereocenters. The van der Waals surface area contributed by atoms with Crippen LogP contribution in [0.25, 0.3) is 0 Å². The zero-order valence-corrected chi connectivity index (χ0v) is 11.1. The third-order valence-corrected chi connectivity index (χ3v) is 3.30. The van der Waals surface area contributed by atoms with E-state index in [-0.39, 0.29) is 23.3 Å². The quantitative estimate of drug-likeness (QED) is 0.182. The van der Waals surface area contributed by atoms with Crippen LogP contribution in [0.1, 0.15) is 0 Å². The molecule has 13 N–H and O–H groups in total. The summed E-state index contributed by atoms with van der Waals surface area (Å²) in [5.74, 6) is -1.78. The molecule has 0 radical (unpaired) electrons. The molecule has 1 rings (SSSR count). The lowest BCUT2D eigenvalue weighted by Gasteiger charge is -2.43. The molecule has 1 fully saturated rings. The highest BCUT2D eigenvalue weighted by Crippen LogP contribution is 2.17. The molecule has 0 amide bonds. The topological polar surface area (TPSA) is 215 Å². The molecular weight excluding hydrogens is 260 g/mol. The van der Waals surface area contributed by atoms with Gasteiger partial charge in [-0.25, -0.2) is 0 Å². The second-order valence-corrected chi connectivity index (χ2v) is 4.71. The maximum atomic E-state index is 7.60. The predicted octanol–water partition coefficient (Wildman–Crippen LogP) is -3.01. The highest BCUT2D eigenvalue weighted by Gasteiger charge is 2.39. The van der Waals surface area contributed by atoms with Crippen molar-refractivity contribution < 1.29 is 0 Å². The number of nitrogens with zero attached hydrogens (tertiary/aromatic N) is 1. The number of nitrogens with one attached hydrogen (secondary N) is 5. The zero-order valence-electron chi connectivity index (χ0n) is 11.1. The molecule has 20 heavy (non-hydrogen) atoms. The molecule has 0 aromatic carbocycles. The lowest BCUT2D eigenvalue weighted by molar-refractivity contribution is 0.151. The average Bonchev–Trinajstić information content (AvgIpc) is 2.29. The standard InChI is InChI=1S/C10H22N10/c11-7(12)5(8(13)14)4-3-19-1-2-20(4)6(9(15)16)10(17)18/h4-6,19H,1-3H2,(H3,11,12)(H3,13,14)(H3,15,16)(H3,17,18). The summed E-state index contributed by atoms with van der Waals surface area (Å²) >= 11 is 0. The summed E-state index contributed by atoms with van der Waals surface area (Å²) in [6.45, 7) is 1.50. The maximum Gasteiger partial charge on any atom is 0.125 e. The summed E-state index contributed by atoms with van der Waals surface area (Å²) < 4.78 is 0. The predicted molar refractivity (Wildman–Crippen MR) is 78.3 cm³/mol. The van der Waals surface area contributed by atoms with E-state index in [1.54, 1.807) is 4.90 Å².